The summed E-state index contributed by atoms with van der Waals surface area (Å²) < 4.78 is 48.2. The summed E-state index contributed by atoms with van der Waals surface area (Å²) in [6.45, 7) is 4.00. The molecule has 0 saturated heterocycles. The van der Waals surface area contributed by atoms with Crippen LogP contribution >= 0.6 is 0 Å². The molecule has 0 fully saturated rings. The first-order valence-electron chi connectivity index (χ1n) is 4.03. The maximum absolute atomic E-state index is 12.5. The van der Waals surface area contributed by atoms with Crippen LogP contribution in [0.25, 0.3) is 0 Å². The number of nitrogens with two attached hydrogens (primary N) is 1. The van der Waals surface area contributed by atoms with Crippen molar-refractivity contribution in [1.29, 1.82) is 0 Å². The van der Waals surface area contributed by atoms with Gasteiger partial charge in [-0.1, -0.05) is 13.8 Å². The third-order valence-corrected chi connectivity index (χ3v) is 1.33. The van der Waals surface area contributed by atoms with Gasteiger partial charge in [-0.3, -0.25) is 0 Å². The number of alkyl halides is 3. The van der Waals surface area contributed by atoms with E-state index in [0.717, 1.165) is 12.1 Å². The molecule has 0 aliphatic carbocycles. The summed E-state index contributed by atoms with van der Waals surface area (Å²) in [6.07, 6.45) is -4.52. The number of hydrogen-bond acceptors (Lipinski definition) is 1. The minimum absolute atomic E-state index is 0.289. The third-order valence-electron chi connectivity index (χ3n) is 1.33. The second-order valence-corrected chi connectivity index (χ2v) is 2.23. The monoisotopic (exact) mass is 209 g/mol. The SMILES string of the molecule is CC.Nc1ccc(C(F)(F)F)cc1F. The Morgan fingerprint density at radius 2 is 1.64 bits per heavy atom. The lowest BCUT2D eigenvalue weighted by molar-refractivity contribution is -0.137. The van der Waals surface area contributed by atoms with Crippen LogP contribution in [0.3, 0.4) is 0 Å². The minimum Gasteiger partial charge on any atom is -0.396 e. The molecule has 0 radical (unpaired) electrons. The molecule has 14 heavy (non-hydrogen) atoms. The molecule has 0 saturated carbocycles. The summed E-state index contributed by atoms with van der Waals surface area (Å²) in [5.74, 6) is -1.05. The Morgan fingerprint density at radius 1 is 1.14 bits per heavy atom. The van der Waals surface area contributed by atoms with Crippen molar-refractivity contribution in [3.05, 3.63) is 29.6 Å². The molecular formula is C9H11F4N. The van der Waals surface area contributed by atoms with Gasteiger partial charge in [-0.25, -0.2) is 4.39 Å². The van der Waals surface area contributed by atoms with Gasteiger partial charge in [0.15, 0.2) is 0 Å². The Hall–Kier alpha value is -1.26. The molecule has 0 aliphatic rings. The molecule has 5 heteroatoms. The topological polar surface area (TPSA) is 26.0 Å². The van der Waals surface area contributed by atoms with Crippen LogP contribution in [0.5, 0.6) is 0 Å². The van der Waals surface area contributed by atoms with Crippen LogP contribution in [-0.2, 0) is 6.18 Å². The first kappa shape index (κ1) is 12.7. The van der Waals surface area contributed by atoms with E-state index in [0.29, 0.717) is 6.07 Å². The van der Waals surface area contributed by atoms with Crippen molar-refractivity contribution in [3.8, 4) is 0 Å². The molecule has 0 atom stereocenters. The van der Waals surface area contributed by atoms with Crippen LogP contribution in [0.2, 0.25) is 0 Å². The van der Waals surface area contributed by atoms with E-state index < -0.39 is 17.6 Å². The van der Waals surface area contributed by atoms with Crippen molar-refractivity contribution >= 4 is 5.69 Å². The number of hydrogen-bond donors (Lipinski definition) is 1. The molecular weight excluding hydrogens is 198 g/mol. The predicted molar refractivity (Wildman–Crippen MR) is 47.2 cm³/mol. The predicted octanol–water partition coefficient (Wildman–Crippen LogP) is 3.45. The van der Waals surface area contributed by atoms with Crippen LogP contribution in [0.15, 0.2) is 18.2 Å². The van der Waals surface area contributed by atoms with Crippen LogP contribution < -0.4 is 5.73 Å². The summed E-state index contributed by atoms with van der Waals surface area (Å²) in [4.78, 5) is 0. The van der Waals surface area contributed by atoms with Gasteiger partial charge in [0.25, 0.3) is 0 Å². The second kappa shape index (κ2) is 4.83. The highest BCUT2D eigenvalue weighted by Gasteiger charge is 2.30. The molecule has 0 aliphatic heterocycles. The molecule has 0 bridgehead atoms. The summed E-state index contributed by atoms with van der Waals surface area (Å²) in [5.41, 5.74) is 3.67. The Labute approximate surface area is 79.5 Å². The molecule has 1 rings (SSSR count). The average Bonchev–Trinajstić information content (AvgIpc) is 2.11. The Balaban J connectivity index is 0.000000791. The lowest BCUT2D eigenvalue weighted by atomic mass is 10.2. The van der Waals surface area contributed by atoms with Crippen molar-refractivity contribution in [2.45, 2.75) is 20.0 Å². The zero-order valence-electron chi connectivity index (χ0n) is 7.82. The number of nitrogen functional groups attached to an aromatic ring is 1. The van der Waals surface area contributed by atoms with E-state index in [9.17, 15) is 17.6 Å². The molecule has 1 aromatic carbocycles. The molecule has 1 nitrogen and oxygen atoms in total. The Kier molecular flexibility index (Phi) is 4.40. The summed E-state index contributed by atoms with van der Waals surface area (Å²) in [7, 11) is 0. The maximum Gasteiger partial charge on any atom is 0.416 e. The van der Waals surface area contributed by atoms with Crippen LogP contribution in [0, 0.1) is 5.82 Å². The summed E-state index contributed by atoms with van der Waals surface area (Å²) in [6, 6.07) is 1.99. The highest BCUT2D eigenvalue weighted by Crippen LogP contribution is 2.30. The zero-order valence-corrected chi connectivity index (χ0v) is 7.82. The van der Waals surface area contributed by atoms with Gasteiger partial charge in [0.2, 0.25) is 0 Å². The van der Waals surface area contributed by atoms with E-state index >= 15 is 0 Å². The molecule has 80 valence electrons. The molecule has 0 amide bonds. The van der Waals surface area contributed by atoms with Crippen molar-refractivity contribution < 1.29 is 17.6 Å². The lowest BCUT2D eigenvalue weighted by Crippen LogP contribution is -2.05. The minimum atomic E-state index is -4.52. The second-order valence-electron chi connectivity index (χ2n) is 2.23. The maximum atomic E-state index is 12.5. The van der Waals surface area contributed by atoms with Gasteiger partial charge in [0.05, 0.1) is 11.3 Å². The number of anilines is 1. The Bertz CT molecular complexity index is 293. The average molecular weight is 209 g/mol. The van der Waals surface area contributed by atoms with E-state index in [2.05, 4.69) is 0 Å². The van der Waals surface area contributed by atoms with Gasteiger partial charge >= 0.3 is 6.18 Å². The van der Waals surface area contributed by atoms with E-state index in [-0.39, 0.29) is 5.69 Å². The zero-order chi connectivity index (χ0) is 11.4. The number of benzene rings is 1. The normalized spacial score (nSPS) is 10.4. The first-order chi connectivity index (χ1) is 6.41. The van der Waals surface area contributed by atoms with Crippen LogP contribution in [0.1, 0.15) is 19.4 Å². The van der Waals surface area contributed by atoms with Crippen molar-refractivity contribution in [3.63, 3.8) is 0 Å². The fourth-order valence-corrected chi connectivity index (χ4v) is 0.703. The summed E-state index contributed by atoms with van der Waals surface area (Å²) >= 11 is 0. The number of halogens is 4. The van der Waals surface area contributed by atoms with E-state index in [1.807, 2.05) is 13.8 Å². The first-order valence-corrected chi connectivity index (χ1v) is 4.03. The van der Waals surface area contributed by atoms with Crippen molar-refractivity contribution in [2.75, 3.05) is 5.73 Å². The molecule has 0 unspecified atom stereocenters. The molecule has 0 aromatic heterocycles. The fourth-order valence-electron chi connectivity index (χ4n) is 0.703. The third kappa shape index (κ3) is 3.24. The van der Waals surface area contributed by atoms with Crippen LogP contribution in [-0.4, -0.2) is 0 Å². The van der Waals surface area contributed by atoms with Gasteiger partial charge in [-0.15, -0.1) is 0 Å². The number of rotatable bonds is 0. The smallest absolute Gasteiger partial charge is 0.396 e. The fraction of sp³-hybridized carbons (Fsp3) is 0.333. The van der Waals surface area contributed by atoms with Gasteiger partial charge in [-0.2, -0.15) is 13.2 Å². The Morgan fingerprint density at radius 3 is 2.00 bits per heavy atom. The molecule has 1 aromatic rings. The summed E-state index contributed by atoms with van der Waals surface area (Å²) in [5, 5.41) is 0. The van der Waals surface area contributed by atoms with Crippen molar-refractivity contribution in [2.24, 2.45) is 0 Å². The van der Waals surface area contributed by atoms with Gasteiger partial charge in [0.1, 0.15) is 5.82 Å². The molecule has 2 N–H and O–H groups in total. The highest BCUT2D eigenvalue weighted by molar-refractivity contribution is 5.41. The van der Waals surface area contributed by atoms with Gasteiger partial charge < -0.3 is 5.73 Å². The van der Waals surface area contributed by atoms with Crippen molar-refractivity contribution in [1.82, 2.24) is 0 Å². The van der Waals surface area contributed by atoms with E-state index in [4.69, 9.17) is 5.73 Å². The van der Waals surface area contributed by atoms with Gasteiger partial charge in [-0.05, 0) is 18.2 Å². The molecule has 0 heterocycles. The molecule has 0 spiro atoms. The highest BCUT2D eigenvalue weighted by atomic mass is 19.4. The van der Waals surface area contributed by atoms with E-state index in [1.54, 1.807) is 0 Å². The largest absolute Gasteiger partial charge is 0.416 e. The van der Waals surface area contributed by atoms with Crippen LogP contribution in [0.4, 0.5) is 23.2 Å². The quantitative estimate of drug-likeness (QED) is 0.514. The van der Waals surface area contributed by atoms with Gasteiger partial charge in [0, 0.05) is 0 Å². The van der Waals surface area contributed by atoms with E-state index in [1.165, 1.54) is 0 Å². The lowest BCUT2D eigenvalue weighted by Gasteiger charge is -2.06. The standard InChI is InChI=1S/C7H5F4N.C2H6/c8-5-3-4(7(9,10)11)1-2-6(5)12;1-2/h1-3H,12H2;1-2H3.